The predicted molar refractivity (Wildman–Crippen MR) is 83.6 cm³/mol. The summed E-state index contributed by atoms with van der Waals surface area (Å²) in [5, 5.41) is 0. The van der Waals surface area contributed by atoms with Crippen molar-refractivity contribution in [1.82, 2.24) is 4.72 Å². The highest BCUT2D eigenvalue weighted by Gasteiger charge is 2.38. The van der Waals surface area contributed by atoms with Crippen molar-refractivity contribution in [1.29, 1.82) is 0 Å². The van der Waals surface area contributed by atoms with Crippen molar-refractivity contribution in [2.45, 2.75) is 64.8 Å². The van der Waals surface area contributed by atoms with Gasteiger partial charge in [0, 0.05) is 0 Å². The molecule has 1 rings (SSSR count). The van der Waals surface area contributed by atoms with E-state index in [2.05, 4.69) is 4.72 Å². The maximum Gasteiger partial charge on any atom is 0.213 e. The van der Waals surface area contributed by atoms with Gasteiger partial charge >= 0.3 is 0 Å². The Morgan fingerprint density at radius 3 is 2.05 bits per heavy atom. The van der Waals surface area contributed by atoms with E-state index in [4.69, 9.17) is 18.0 Å². The first kappa shape index (κ1) is 16.9. The Hall–Kier alpha value is -0.200. The Bertz CT molecular complexity index is 416. The van der Waals surface area contributed by atoms with Crippen molar-refractivity contribution < 1.29 is 8.42 Å². The third-order valence-corrected chi connectivity index (χ3v) is 5.74. The van der Waals surface area contributed by atoms with Crippen LogP contribution in [0.2, 0.25) is 0 Å². The normalized spacial score (nSPS) is 20.8. The molecule has 0 aromatic heterocycles. The molecule has 0 saturated heterocycles. The van der Waals surface area contributed by atoms with Gasteiger partial charge in [0.2, 0.25) is 10.0 Å². The minimum atomic E-state index is -3.38. The number of rotatable bonds is 4. The SMILES string of the molecule is CC(C)(C)CS(=O)(=O)NC1(C(N)=S)CCCCCC1. The van der Waals surface area contributed by atoms with Gasteiger partial charge in [-0.05, 0) is 18.3 Å². The highest BCUT2D eigenvalue weighted by Crippen LogP contribution is 2.29. The average molecular weight is 306 g/mol. The van der Waals surface area contributed by atoms with Crippen molar-refractivity contribution in [3.8, 4) is 0 Å². The van der Waals surface area contributed by atoms with Gasteiger partial charge in [-0.25, -0.2) is 13.1 Å². The fourth-order valence-electron chi connectivity index (χ4n) is 2.63. The van der Waals surface area contributed by atoms with Crippen LogP contribution >= 0.6 is 12.2 Å². The lowest BCUT2D eigenvalue weighted by Crippen LogP contribution is -2.57. The topological polar surface area (TPSA) is 72.2 Å². The van der Waals surface area contributed by atoms with E-state index in [0.717, 1.165) is 25.7 Å². The second kappa shape index (κ2) is 6.06. The quantitative estimate of drug-likeness (QED) is 0.617. The third-order valence-electron chi connectivity index (χ3n) is 3.40. The van der Waals surface area contributed by atoms with Gasteiger partial charge in [-0.1, -0.05) is 58.7 Å². The molecule has 0 unspecified atom stereocenters. The van der Waals surface area contributed by atoms with Crippen molar-refractivity contribution in [3.63, 3.8) is 0 Å². The lowest BCUT2D eigenvalue weighted by Gasteiger charge is -2.33. The Balaban J connectivity index is 2.92. The van der Waals surface area contributed by atoms with Crippen LogP contribution in [0.5, 0.6) is 0 Å². The van der Waals surface area contributed by atoms with Crippen LogP contribution in [0.25, 0.3) is 0 Å². The zero-order valence-corrected chi connectivity index (χ0v) is 13.8. The summed E-state index contributed by atoms with van der Waals surface area (Å²) in [5.41, 5.74) is 4.85. The molecule has 112 valence electrons. The molecule has 0 amide bonds. The molecule has 1 aliphatic carbocycles. The van der Waals surface area contributed by atoms with Crippen LogP contribution in [0.3, 0.4) is 0 Å². The largest absolute Gasteiger partial charge is 0.392 e. The summed E-state index contributed by atoms with van der Waals surface area (Å²) in [4.78, 5) is 0.284. The van der Waals surface area contributed by atoms with Crippen molar-refractivity contribution in [2.24, 2.45) is 11.1 Å². The number of thiocarbonyl (C=S) groups is 1. The van der Waals surface area contributed by atoms with E-state index < -0.39 is 15.6 Å². The highest BCUT2D eigenvalue weighted by molar-refractivity contribution is 7.89. The van der Waals surface area contributed by atoms with Gasteiger partial charge in [0.15, 0.2) is 0 Å². The summed E-state index contributed by atoms with van der Waals surface area (Å²) >= 11 is 5.15. The van der Waals surface area contributed by atoms with E-state index in [0.29, 0.717) is 12.8 Å². The molecule has 6 heteroatoms. The average Bonchev–Trinajstić information content (AvgIpc) is 2.39. The summed E-state index contributed by atoms with van der Waals surface area (Å²) in [5.74, 6) is 0.0877. The van der Waals surface area contributed by atoms with Gasteiger partial charge in [-0.15, -0.1) is 0 Å². The first-order chi connectivity index (χ1) is 8.56. The number of sulfonamides is 1. The molecule has 3 N–H and O–H groups in total. The Kier molecular flexibility index (Phi) is 5.37. The molecule has 0 bridgehead atoms. The molecule has 0 heterocycles. The van der Waals surface area contributed by atoms with Gasteiger partial charge in [0.05, 0.1) is 16.3 Å². The second-order valence-corrected chi connectivity index (χ2v) is 8.94. The van der Waals surface area contributed by atoms with E-state index in [1.54, 1.807) is 0 Å². The van der Waals surface area contributed by atoms with Crippen LogP contribution in [0.4, 0.5) is 0 Å². The summed E-state index contributed by atoms with van der Waals surface area (Å²) in [7, 11) is -3.38. The standard InChI is InChI=1S/C13H26N2O2S2/c1-12(2,3)10-19(16,17)15-13(11(14)18)8-6-4-5-7-9-13/h15H,4-10H2,1-3H3,(H2,14,18). The monoisotopic (exact) mass is 306 g/mol. The van der Waals surface area contributed by atoms with Crippen LogP contribution in [-0.4, -0.2) is 24.7 Å². The van der Waals surface area contributed by atoms with E-state index in [1.165, 1.54) is 0 Å². The van der Waals surface area contributed by atoms with Crippen molar-refractivity contribution >= 4 is 27.2 Å². The fraction of sp³-hybridized carbons (Fsp3) is 0.923. The molecule has 1 aliphatic rings. The van der Waals surface area contributed by atoms with E-state index in [1.807, 2.05) is 20.8 Å². The van der Waals surface area contributed by atoms with E-state index in [-0.39, 0.29) is 16.2 Å². The lowest BCUT2D eigenvalue weighted by atomic mass is 9.91. The number of hydrogen-bond acceptors (Lipinski definition) is 3. The Morgan fingerprint density at radius 1 is 1.21 bits per heavy atom. The zero-order valence-electron chi connectivity index (χ0n) is 12.2. The molecular formula is C13H26N2O2S2. The van der Waals surface area contributed by atoms with Crippen LogP contribution < -0.4 is 10.5 Å². The van der Waals surface area contributed by atoms with Crippen LogP contribution in [0, 0.1) is 5.41 Å². The maximum absolute atomic E-state index is 12.3. The summed E-state index contributed by atoms with van der Waals surface area (Å²) in [6.07, 6.45) is 5.60. The van der Waals surface area contributed by atoms with Crippen molar-refractivity contribution in [2.75, 3.05) is 5.75 Å². The van der Waals surface area contributed by atoms with Crippen LogP contribution in [0.1, 0.15) is 59.3 Å². The highest BCUT2D eigenvalue weighted by atomic mass is 32.2. The molecule has 19 heavy (non-hydrogen) atoms. The summed E-state index contributed by atoms with van der Waals surface area (Å²) in [6, 6.07) is 0. The molecule has 0 aromatic carbocycles. The molecule has 0 atom stereocenters. The molecule has 0 aliphatic heterocycles. The second-order valence-electron chi connectivity index (χ2n) is 6.78. The Labute approximate surface area is 122 Å². The molecule has 1 saturated carbocycles. The minimum absolute atomic E-state index is 0.0877. The summed E-state index contributed by atoms with van der Waals surface area (Å²) < 4.78 is 27.4. The van der Waals surface area contributed by atoms with Crippen LogP contribution in [-0.2, 0) is 10.0 Å². The van der Waals surface area contributed by atoms with Gasteiger partial charge in [0.1, 0.15) is 0 Å². The molecule has 0 aromatic rings. The van der Waals surface area contributed by atoms with Gasteiger partial charge in [-0.2, -0.15) is 0 Å². The first-order valence-electron chi connectivity index (χ1n) is 6.88. The van der Waals surface area contributed by atoms with E-state index >= 15 is 0 Å². The first-order valence-corrected chi connectivity index (χ1v) is 8.94. The van der Waals surface area contributed by atoms with Gasteiger partial charge in [-0.3, -0.25) is 0 Å². The molecule has 1 fully saturated rings. The number of nitrogens with one attached hydrogen (secondary N) is 1. The lowest BCUT2D eigenvalue weighted by molar-refractivity contribution is 0.421. The number of nitrogens with two attached hydrogens (primary N) is 1. The smallest absolute Gasteiger partial charge is 0.213 e. The molecule has 0 radical (unpaired) electrons. The van der Waals surface area contributed by atoms with Crippen molar-refractivity contribution in [3.05, 3.63) is 0 Å². The third kappa shape index (κ3) is 5.36. The zero-order chi connectivity index (χ0) is 14.7. The molecular weight excluding hydrogens is 280 g/mol. The Morgan fingerprint density at radius 2 is 1.68 bits per heavy atom. The van der Waals surface area contributed by atoms with Gasteiger partial charge < -0.3 is 5.73 Å². The summed E-state index contributed by atoms with van der Waals surface area (Å²) in [6.45, 7) is 5.73. The maximum atomic E-state index is 12.3. The molecule has 4 nitrogen and oxygen atoms in total. The molecule has 0 spiro atoms. The number of hydrogen-bond donors (Lipinski definition) is 2. The minimum Gasteiger partial charge on any atom is -0.392 e. The fourth-order valence-corrected chi connectivity index (χ4v) is 5.08. The van der Waals surface area contributed by atoms with Gasteiger partial charge in [0.25, 0.3) is 0 Å². The van der Waals surface area contributed by atoms with E-state index in [9.17, 15) is 8.42 Å². The van der Waals surface area contributed by atoms with Crippen LogP contribution in [0.15, 0.2) is 0 Å². The predicted octanol–water partition coefficient (Wildman–Crippen LogP) is 2.33.